The van der Waals surface area contributed by atoms with Crippen LogP contribution in [0.3, 0.4) is 0 Å². The number of benzene rings is 2. The van der Waals surface area contributed by atoms with Gasteiger partial charge in [0.15, 0.2) is 0 Å². The predicted octanol–water partition coefficient (Wildman–Crippen LogP) is 5.58. The molecule has 1 aliphatic rings. The molecule has 1 aliphatic heterocycles. The standard InChI is InChI=1S/C26H33N3O2/c1-25(2,3)29(24(30)31)18-20-14-16-28(17-15-20)26(4,19-27)23-12-10-22(11-13-23)21-8-6-5-7-9-21/h5-13,20H,14-18H2,1-4H3,(H,30,31). The molecule has 0 aromatic heterocycles. The molecule has 0 aliphatic carbocycles. The van der Waals surface area contributed by atoms with Gasteiger partial charge in [-0.25, -0.2) is 4.79 Å². The van der Waals surface area contributed by atoms with E-state index in [1.165, 1.54) is 0 Å². The highest BCUT2D eigenvalue weighted by Crippen LogP contribution is 2.34. The molecular weight excluding hydrogens is 386 g/mol. The van der Waals surface area contributed by atoms with Gasteiger partial charge in [-0.1, -0.05) is 54.6 Å². The molecule has 1 atom stereocenters. The smallest absolute Gasteiger partial charge is 0.407 e. The molecule has 164 valence electrons. The monoisotopic (exact) mass is 419 g/mol. The average Bonchev–Trinajstić information content (AvgIpc) is 2.77. The molecule has 31 heavy (non-hydrogen) atoms. The lowest BCUT2D eigenvalue weighted by Gasteiger charge is -2.43. The van der Waals surface area contributed by atoms with Crippen LogP contribution < -0.4 is 0 Å². The van der Waals surface area contributed by atoms with Crippen molar-refractivity contribution >= 4 is 6.09 Å². The summed E-state index contributed by atoms with van der Waals surface area (Å²) in [6, 6.07) is 21.1. The zero-order valence-corrected chi connectivity index (χ0v) is 19.0. The molecule has 3 rings (SSSR count). The molecule has 2 aromatic rings. The highest BCUT2D eigenvalue weighted by Gasteiger charge is 2.37. The summed E-state index contributed by atoms with van der Waals surface area (Å²) in [4.78, 5) is 15.5. The number of likely N-dealkylation sites (tertiary alicyclic amines) is 1. The van der Waals surface area contributed by atoms with Gasteiger partial charge in [0.1, 0.15) is 5.54 Å². The molecule has 0 spiro atoms. The highest BCUT2D eigenvalue weighted by molar-refractivity contribution is 5.66. The van der Waals surface area contributed by atoms with Crippen LogP contribution in [0.25, 0.3) is 11.1 Å². The molecule has 0 bridgehead atoms. The number of carbonyl (C=O) groups is 1. The van der Waals surface area contributed by atoms with Crippen LogP contribution in [-0.4, -0.2) is 46.2 Å². The molecular formula is C26H33N3O2. The fraction of sp³-hybridized carbons (Fsp3) is 0.462. The third-order valence-electron chi connectivity index (χ3n) is 6.50. The van der Waals surface area contributed by atoms with Crippen molar-refractivity contribution in [1.82, 2.24) is 9.80 Å². The van der Waals surface area contributed by atoms with E-state index in [-0.39, 0.29) is 0 Å². The number of nitriles is 1. The predicted molar refractivity (Wildman–Crippen MR) is 124 cm³/mol. The van der Waals surface area contributed by atoms with E-state index in [0.717, 1.165) is 42.6 Å². The third kappa shape index (κ3) is 5.08. The minimum atomic E-state index is -0.865. The lowest BCUT2D eigenvalue weighted by Crippen LogP contribution is -2.51. The van der Waals surface area contributed by atoms with Crippen molar-refractivity contribution in [2.24, 2.45) is 5.92 Å². The molecule has 0 radical (unpaired) electrons. The van der Waals surface area contributed by atoms with Crippen molar-refractivity contribution in [3.05, 3.63) is 60.2 Å². The first kappa shape index (κ1) is 22.8. The Hall–Kier alpha value is -2.84. The summed E-state index contributed by atoms with van der Waals surface area (Å²) in [5.74, 6) is 0.315. The van der Waals surface area contributed by atoms with Crippen LogP contribution in [0.5, 0.6) is 0 Å². The summed E-state index contributed by atoms with van der Waals surface area (Å²) < 4.78 is 0. The van der Waals surface area contributed by atoms with Crippen molar-refractivity contribution in [1.29, 1.82) is 5.26 Å². The van der Waals surface area contributed by atoms with Crippen LogP contribution in [-0.2, 0) is 5.54 Å². The van der Waals surface area contributed by atoms with Crippen molar-refractivity contribution in [2.45, 2.75) is 51.6 Å². The van der Waals surface area contributed by atoms with E-state index in [2.05, 4.69) is 47.4 Å². The van der Waals surface area contributed by atoms with Gasteiger partial charge in [0, 0.05) is 25.2 Å². The van der Waals surface area contributed by atoms with E-state index in [1.807, 2.05) is 45.9 Å². The number of hydrogen-bond acceptors (Lipinski definition) is 3. The van der Waals surface area contributed by atoms with E-state index in [0.29, 0.717) is 12.5 Å². The molecule has 1 unspecified atom stereocenters. The normalized spacial score (nSPS) is 17.5. The second-order valence-corrected chi connectivity index (χ2v) is 9.62. The molecule has 1 fully saturated rings. The Labute approximate surface area is 185 Å². The summed E-state index contributed by atoms with van der Waals surface area (Å²) in [5.41, 5.74) is 2.19. The summed E-state index contributed by atoms with van der Waals surface area (Å²) in [6.07, 6.45) is 0.911. The Balaban J connectivity index is 1.69. The molecule has 0 saturated carbocycles. The number of hydrogen-bond donors (Lipinski definition) is 1. The minimum Gasteiger partial charge on any atom is -0.465 e. The first-order valence-corrected chi connectivity index (χ1v) is 11.0. The van der Waals surface area contributed by atoms with E-state index in [1.54, 1.807) is 4.90 Å². The zero-order valence-electron chi connectivity index (χ0n) is 19.0. The van der Waals surface area contributed by atoms with Gasteiger partial charge in [-0.15, -0.1) is 0 Å². The lowest BCUT2D eigenvalue weighted by molar-refractivity contribution is 0.0563. The SMILES string of the molecule is CC(C)(C)N(CC1CCN(C(C)(C#N)c2ccc(-c3ccccc3)cc2)CC1)C(=O)O. The van der Waals surface area contributed by atoms with Gasteiger partial charge >= 0.3 is 6.09 Å². The van der Waals surface area contributed by atoms with Crippen molar-refractivity contribution < 1.29 is 9.90 Å². The Morgan fingerprint density at radius 1 is 1.03 bits per heavy atom. The lowest BCUT2D eigenvalue weighted by atomic mass is 9.86. The first-order valence-electron chi connectivity index (χ1n) is 11.0. The fourth-order valence-corrected chi connectivity index (χ4v) is 4.40. The Morgan fingerprint density at radius 3 is 2.06 bits per heavy atom. The number of piperidine rings is 1. The van der Waals surface area contributed by atoms with Crippen LogP contribution in [0.1, 0.15) is 46.1 Å². The molecule has 5 nitrogen and oxygen atoms in total. The fourth-order valence-electron chi connectivity index (χ4n) is 4.40. The van der Waals surface area contributed by atoms with Gasteiger partial charge in [-0.3, -0.25) is 4.90 Å². The average molecular weight is 420 g/mol. The first-order chi connectivity index (χ1) is 14.6. The summed E-state index contributed by atoms with van der Waals surface area (Å²) in [6.45, 7) is 9.90. The number of carboxylic acid groups (broad SMARTS) is 1. The Bertz CT molecular complexity index is 920. The van der Waals surface area contributed by atoms with Crippen LogP contribution in [0.4, 0.5) is 4.79 Å². The molecule has 1 N–H and O–H groups in total. The van der Waals surface area contributed by atoms with Crippen molar-refractivity contribution in [2.75, 3.05) is 19.6 Å². The largest absolute Gasteiger partial charge is 0.465 e. The second kappa shape index (κ2) is 9.11. The van der Waals surface area contributed by atoms with Crippen LogP contribution >= 0.6 is 0 Å². The van der Waals surface area contributed by atoms with Crippen molar-refractivity contribution in [3.8, 4) is 17.2 Å². The van der Waals surface area contributed by atoms with E-state index in [4.69, 9.17) is 0 Å². The van der Waals surface area contributed by atoms with E-state index in [9.17, 15) is 15.2 Å². The summed E-state index contributed by atoms with van der Waals surface area (Å²) >= 11 is 0. The molecule has 2 aromatic carbocycles. The van der Waals surface area contributed by atoms with Crippen LogP contribution in [0, 0.1) is 17.2 Å². The van der Waals surface area contributed by atoms with Gasteiger partial charge in [0.05, 0.1) is 6.07 Å². The van der Waals surface area contributed by atoms with Crippen molar-refractivity contribution in [3.63, 3.8) is 0 Å². The zero-order chi connectivity index (χ0) is 22.6. The maximum Gasteiger partial charge on any atom is 0.407 e. The maximum atomic E-state index is 11.7. The molecule has 1 saturated heterocycles. The summed E-state index contributed by atoms with van der Waals surface area (Å²) in [5, 5.41) is 19.7. The Kier molecular flexibility index (Phi) is 6.71. The van der Waals surface area contributed by atoms with E-state index < -0.39 is 17.2 Å². The number of nitrogens with zero attached hydrogens (tertiary/aromatic N) is 3. The number of amides is 1. The molecule has 5 heteroatoms. The van der Waals surface area contributed by atoms with E-state index >= 15 is 0 Å². The van der Waals surface area contributed by atoms with Gasteiger partial charge < -0.3 is 10.0 Å². The number of rotatable bonds is 5. The summed E-state index contributed by atoms with van der Waals surface area (Å²) in [7, 11) is 0. The van der Waals surface area contributed by atoms with Gasteiger partial charge in [-0.2, -0.15) is 5.26 Å². The van der Waals surface area contributed by atoms with Gasteiger partial charge in [0.25, 0.3) is 0 Å². The van der Waals surface area contributed by atoms with Gasteiger partial charge in [0.2, 0.25) is 0 Å². The minimum absolute atomic E-state index is 0.315. The molecule has 1 heterocycles. The van der Waals surface area contributed by atoms with Crippen LogP contribution in [0.15, 0.2) is 54.6 Å². The quantitative estimate of drug-likeness (QED) is 0.687. The third-order valence-corrected chi connectivity index (χ3v) is 6.50. The maximum absolute atomic E-state index is 11.7. The Morgan fingerprint density at radius 2 is 1.58 bits per heavy atom. The van der Waals surface area contributed by atoms with Gasteiger partial charge in [-0.05, 0) is 63.1 Å². The van der Waals surface area contributed by atoms with Crippen LogP contribution in [0.2, 0.25) is 0 Å². The topological polar surface area (TPSA) is 67.6 Å². The second-order valence-electron chi connectivity index (χ2n) is 9.62. The highest BCUT2D eigenvalue weighted by atomic mass is 16.4. The molecule has 1 amide bonds.